The summed E-state index contributed by atoms with van der Waals surface area (Å²) in [7, 11) is 3.34. The van der Waals surface area contributed by atoms with Gasteiger partial charge in [0.15, 0.2) is 11.5 Å². The maximum absolute atomic E-state index is 5.69. The molecule has 4 aromatic rings. The number of rotatable bonds is 5. The molecule has 0 aliphatic rings. The van der Waals surface area contributed by atoms with Crippen LogP contribution in [0.1, 0.15) is 11.1 Å². The summed E-state index contributed by atoms with van der Waals surface area (Å²) in [6, 6.07) is 18.9. The Bertz CT molecular complexity index is 1080. The van der Waals surface area contributed by atoms with Crippen molar-refractivity contribution in [3.63, 3.8) is 0 Å². The molecule has 0 N–H and O–H groups in total. The van der Waals surface area contributed by atoms with E-state index in [-0.39, 0.29) is 0 Å². The molecule has 0 bridgehead atoms. The zero-order valence-corrected chi connectivity index (χ0v) is 15.3. The highest BCUT2D eigenvalue weighted by atomic mass is 16.5. The predicted octanol–water partition coefficient (Wildman–Crippen LogP) is 4.90. The van der Waals surface area contributed by atoms with Crippen molar-refractivity contribution in [1.82, 2.24) is 9.97 Å². The Kier molecular flexibility index (Phi) is 4.71. The largest absolute Gasteiger partial charge is 0.493 e. The van der Waals surface area contributed by atoms with E-state index < -0.39 is 0 Å². The second kappa shape index (κ2) is 7.46. The van der Waals surface area contributed by atoms with Gasteiger partial charge in [-0.15, -0.1) is 0 Å². The number of hydrogen-bond donors (Lipinski definition) is 0. The summed E-state index contributed by atoms with van der Waals surface area (Å²) in [5.41, 5.74) is 4.27. The molecule has 3 aromatic carbocycles. The van der Waals surface area contributed by atoms with E-state index in [0.29, 0.717) is 0 Å². The van der Waals surface area contributed by atoms with E-state index in [1.807, 2.05) is 24.5 Å². The molecule has 0 fully saturated rings. The molecule has 0 spiro atoms. The van der Waals surface area contributed by atoms with Crippen LogP contribution in [0.5, 0.6) is 11.5 Å². The van der Waals surface area contributed by atoms with Crippen LogP contribution in [-0.2, 0) is 6.42 Å². The molecule has 0 amide bonds. The molecule has 0 aliphatic carbocycles. The minimum absolute atomic E-state index is 0.718. The van der Waals surface area contributed by atoms with E-state index >= 15 is 0 Å². The summed E-state index contributed by atoms with van der Waals surface area (Å²) < 4.78 is 11.3. The zero-order valence-electron chi connectivity index (χ0n) is 15.3. The fraction of sp³-hybridized carbons (Fsp3) is 0.130. The van der Waals surface area contributed by atoms with Gasteiger partial charge in [-0.3, -0.25) is 0 Å². The lowest BCUT2D eigenvalue weighted by Crippen LogP contribution is -1.98. The topological polar surface area (TPSA) is 44.2 Å². The first-order chi connectivity index (χ1) is 13.3. The molecule has 4 nitrogen and oxygen atoms in total. The third-order valence-corrected chi connectivity index (χ3v) is 4.62. The van der Waals surface area contributed by atoms with Crippen molar-refractivity contribution in [3.8, 4) is 22.6 Å². The molecular weight excluding hydrogens is 336 g/mol. The highest BCUT2D eigenvalue weighted by molar-refractivity contribution is 5.89. The van der Waals surface area contributed by atoms with Crippen molar-refractivity contribution in [2.24, 2.45) is 0 Å². The average Bonchev–Trinajstić information content (AvgIpc) is 2.73. The van der Waals surface area contributed by atoms with E-state index in [2.05, 4.69) is 52.4 Å². The Labute approximate surface area is 158 Å². The van der Waals surface area contributed by atoms with E-state index in [9.17, 15) is 0 Å². The van der Waals surface area contributed by atoms with Crippen molar-refractivity contribution < 1.29 is 9.47 Å². The highest BCUT2D eigenvalue weighted by Crippen LogP contribution is 2.40. The summed E-state index contributed by atoms with van der Waals surface area (Å²) in [5, 5.41) is 2.41. The molecule has 4 rings (SSSR count). The quantitative estimate of drug-likeness (QED) is 0.510. The van der Waals surface area contributed by atoms with Crippen LogP contribution in [-0.4, -0.2) is 24.2 Å². The lowest BCUT2D eigenvalue weighted by molar-refractivity contribution is 0.356. The lowest BCUT2D eigenvalue weighted by Gasteiger charge is -2.16. The highest BCUT2D eigenvalue weighted by Gasteiger charge is 2.15. The summed E-state index contributed by atoms with van der Waals surface area (Å²) in [5.74, 6) is 1.45. The zero-order chi connectivity index (χ0) is 18.6. The van der Waals surface area contributed by atoms with Gasteiger partial charge in [0.25, 0.3) is 0 Å². The number of methoxy groups -OCH3 is 2. The molecule has 1 aromatic heterocycles. The molecule has 0 radical (unpaired) electrons. The lowest BCUT2D eigenvalue weighted by atomic mass is 9.96. The molecule has 1 heterocycles. The molecule has 0 saturated carbocycles. The van der Waals surface area contributed by atoms with Gasteiger partial charge < -0.3 is 9.47 Å². The third-order valence-electron chi connectivity index (χ3n) is 4.62. The number of ether oxygens (including phenoxy) is 2. The Hall–Kier alpha value is -3.40. The molecule has 0 unspecified atom stereocenters. The number of nitrogens with zero attached hydrogens (tertiary/aromatic N) is 2. The number of fused-ring (bicyclic) bond motifs is 1. The smallest absolute Gasteiger partial charge is 0.168 e. The minimum atomic E-state index is 0.718. The third kappa shape index (κ3) is 3.47. The van der Waals surface area contributed by atoms with Gasteiger partial charge in [-0.2, -0.15) is 0 Å². The van der Waals surface area contributed by atoms with Gasteiger partial charge >= 0.3 is 0 Å². The number of benzene rings is 3. The maximum atomic E-state index is 5.69. The van der Waals surface area contributed by atoms with Crippen molar-refractivity contribution in [2.45, 2.75) is 6.42 Å². The van der Waals surface area contributed by atoms with Crippen LogP contribution in [0.3, 0.4) is 0 Å². The van der Waals surface area contributed by atoms with Crippen LogP contribution < -0.4 is 9.47 Å². The first-order valence-electron chi connectivity index (χ1n) is 8.76. The van der Waals surface area contributed by atoms with Crippen LogP contribution in [0.2, 0.25) is 0 Å². The first-order valence-corrected chi connectivity index (χ1v) is 8.76. The SMILES string of the molecule is COc1cc(Cc2cncnc2)cc(-c2ccc3ccccc3c2)c1OC. The summed E-state index contributed by atoms with van der Waals surface area (Å²) in [6.07, 6.45) is 5.93. The Morgan fingerprint density at radius 1 is 0.778 bits per heavy atom. The molecule has 27 heavy (non-hydrogen) atoms. The van der Waals surface area contributed by atoms with Crippen LogP contribution >= 0.6 is 0 Å². The Balaban J connectivity index is 1.84. The number of aromatic nitrogens is 2. The molecule has 0 aliphatic heterocycles. The molecule has 0 atom stereocenters. The summed E-state index contributed by atoms with van der Waals surface area (Å²) in [6.45, 7) is 0. The van der Waals surface area contributed by atoms with Crippen molar-refractivity contribution in [1.29, 1.82) is 0 Å². The van der Waals surface area contributed by atoms with Gasteiger partial charge in [-0.25, -0.2) is 9.97 Å². The fourth-order valence-corrected chi connectivity index (χ4v) is 3.35. The monoisotopic (exact) mass is 356 g/mol. The maximum Gasteiger partial charge on any atom is 0.168 e. The molecule has 4 heteroatoms. The summed E-state index contributed by atoms with van der Waals surface area (Å²) in [4.78, 5) is 8.21. The first kappa shape index (κ1) is 17.0. The second-order valence-corrected chi connectivity index (χ2v) is 6.36. The molecule has 0 saturated heterocycles. The van der Waals surface area contributed by atoms with E-state index in [1.165, 1.54) is 10.8 Å². The van der Waals surface area contributed by atoms with E-state index in [0.717, 1.165) is 40.2 Å². The van der Waals surface area contributed by atoms with Crippen molar-refractivity contribution >= 4 is 10.8 Å². The number of hydrogen-bond acceptors (Lipinski definition) is 4. The fourth-order valence-electron chi connectivity index (χ4n) is 3.35. The van der Waals surface area contributed by atoms with Crippen LogP contribution in [0.25, 0.3) is 21.9 Å². The van der Waals surface area contributed by atoms with E-state index in [1.54, 1.807) is 20.5 Å². The van der Waals surface area contributed by atoms with E-state index in [4.69, 9.17) is 9.47 Å². The average molecular weight is 356 g/mol. The van der Waals surface area contributed by atoms with Gasteiger partial charge in [0, 0.05) is 24.4 Å². The molecular formula is C23H20N2O2. The normalized spacial score (nSPS) is 10.7. The standard InChI is InChI=1S/C23H20N2O2/c1-26-22-11-16(9-17-13-24-15-25-14-17)10-21(23(22)27-2)20-8-7-18-5-3-4-6-19(18)12-20/h3-8,10-15H,9H2,1-2H3. The Morgan fingerprint density at radius 2 is 1.56 bits per heavy atom. The second-order valence-electron chi connectivity index (χ2n) is 6.36. The molecule has 134 valence electrons. The van der Waals surface area contributed by atoms with Crippen LogP contribution in [0.15, 0.2) is 73.3 Å². The van der Waals surface area contributed by atoms with Gasteiger partial charge in [-0.1, -0.05) is 36.4 Å². The Morgan fingerprint density at radius 3 is 2.30 bits per heavy atom. The predicted molar refractivity (Wildman–Crippen MR) is 107 cm³/mol. The minimum Gasteiger partial charge on any atom is -0.493 e. The van der Waals surface area contributed by atoms with Crippen LogP contribution in [0, 0.1) is 0 Å². The van der Waals surface area contributed by atoms with Crippen LogP contribution in [0.4, 0.5) is 0 Å². The van der Waals surface area contributed by atoms with Crippen molar-refractivity contribution in [2.75, 3.05) is 14.2 Å². The summed E-state index contributed by atoms with van der Waals surface area (Å²) >= 11 is 0. The van der Waals surface area contributed by atoms with Gasteiger partial charge in [0.2, 0.25) is 0 Å². The van der Waals surface area contributed by atoms with Gasteiger partial charge in [0.05, 0.1) is 14.2 Å². The van der Waals surface area contributed by atoms with Crippen molar-refractivity contribution in [3.05, 3.63) is 84.4 Å². The van der Waals surface area contributed by atoms with Gasteiger partial charge in [0.1, 0.15) is 6.33 Å². The van der Waals surface area contributed by atoms with Gasteiger partial charge in [-0.05, 0) is 45.7 Å².